The molecule has 0 saturated carbocycles. The molecule has 0 atom stereocenters. The average Bonchev–Trinajstić information content (AvgIpc) is 2.45. The van der Waals surface area contributed by atoms with Crippen molar-refractivity contribution in [2.45, 2.75) is 26.3 Å². The highest BCUT2D eigenvalue weighted by Crippen LogP contribution is 2.01. The molecule has 1 aromatic carbocycles. The third-order valence-corrected chi connectivity index (χ3v) is 2.94. The summed E-state index contributed by atoms with van der Waals surface area (Å²) in [4.78, 5) is 25.5. The maximum absolute atomic E-state index is 12.1. The molecule has 0 aliphatic heterocycles. The molecular weight excluding hydrogens is 256 g/mol. The van der Waals surface area contributed by atoms with Crippen LogP contribution in [0.4, 0.5) is 0 Å². The lowest BCUT2D eigenvalue weighted by Gasteiger charge is -2.26. The van der Waals surface area contributed by atoms with Gasteiger partial charge in [-0.2, -0.15) is 0 Å². The van der Waals surface area contributed by atoms with E-state index >= 15 is 0 Å². The van der Waals surface area contributed by atoms with Gasteiger partial charge in [-0.05, 0) is 32.4 Å². The predicted octanol–water partition coefficient (Wildman–Crippen LogP) is 1.04. The summed E-state index contributed by atoms with van der Waals surface area (Å²) in [6.07, 6.45) is 0.538. The molecule has 2 amide bonds. The zero-order valence-electron chi connectivity index (χ0n) is 12.0. The van der Waals surface area contributed by atoms with E-state index in [0.29, 0.717) is 18.5 Å². The molecule has 0 fully saturated rings. The minimum atomic E-state index is -0.259. The molecule has 2 N–H and O–H groups in total. The van der Waals surface area contributed by atoms with Crippen LogP contribution >= 0.6 is 0 Å². The molecule has 0 aliphatic carbocycles. The van der Waals surface area contributed by atoms with Gasteiger partial charge in [0.2, 0.25) is 5.91 Å². The smallest absolute Gasteiger partial charge is 0.251 e. The Morgan fingerprint density at radius 1 is 1.25 bits per heavy atom. The quantitative estimate of drug-likeness (QED) is 0.783. The van der Waals surface area contributed by atoms with Crippen molar-refractivity contribution in [2.24, 2.45) is 0 Å². The van der Waals surface area contributed by atoms with Crippen molar-refractivity contribution in [3.63, 3.8) is 0 Å². The number of hydrogen-bond acceptors (Lipinski definition) is 3. The first-order chi connectivity index (χ1) is 9.56. The molecule has 5 nitrogen and oxygen atoms in total. The Hall–Kier alpha value is -1.88. The van der Waals surface area contributed by atoms with E-state index in [1.54, 1.807) is 29.2 Å². The molecule has 0 spiro atoms. The van der Waals surface area contributed by atoms with Crippen molar-refractivity contribution in [3.05, 3.63) is 35.9 Å². The highest BCUT2D eigenvalue weighted by atomic mass is 16.3. The van der Waals surface area contributed by atoms with Gasteiger partial charge >= 0.3 is 0 Å². The third kappa shape index (κ3) is 5.01. The normalized spacial score (nSPS) is 10.4. The van der Waals surface area contributed by atoms with Gasteiger partial charge < -0.3 is 15.3 Å². The Morgan fingerprint density at radius 3 is 2.45 bits per heavy atom. The molecule has 1 aromatic rings. The van der Waals surface area contributed by atoms with Gasteiger partial charge in [0, 0.05) is 24.8 Å². The molecule has 0 unspecified atom stereocenters. The first-order valence-electron chi connectivity index (χ1n) is 6.80. The second-order valence-corrected chi connectivity index (χ2v) is 4.81. The molecule has 0 saturated heterocycles. The number of carbonyl (C=O) groups excluding carboxylic acids is 2. The lowest BCUT2D eigenvalue weighted by atomic mass is 10.2. The van der Waals surface area contributed by atoms with Crippen LogP contribution in [0.15, 0.2) is 30.3 Å². The van der Waals surface area contributed by atoms with Crippen molar-refractivity contribution in [2.75, 3.05) is 19.7 Å². The van der Waals surface area contributed by atoms with Crippen molar-refractivity contribution < 1.29 is 14.7 Å². The molecule has 110 valence electrons. The van der Waals surface area contributed by atoms with E-state index in [1.165, 1.54) is 0 Å². The van der Waals surface area contributed by atoms with E-state index in [2.05, 4.69) is 5.32 Å². The zero-order chi connectivity index (χ0) is 15.0. The van der Waals surface area contributed by atoms with E-state index < -0.39 is 0 Å². The molecule has 0 heterocycles. The summed E-state index contributed by atoms with van der Waals surface area (Å²) in [7, 11) is 0. The van der Waals surface area contributed by atoms with Gasteiger partial charge in [-0.1, -0.05) is 18.2 Å². The summed E-state index contributed by atoms with van der Waals surface area (Å²) >= 11 is 0. The minimum Gasteiger partial charge on any atom is -0.396 e. The number of rotatable bonds is 7. The number of nitrogens with one attached hydrogen (secondary N) is 1. The lowest BCUT2D eigenvalue weighted by Crippen LogP contribution is -2.44. The van der Waals surface area contributed by atoms with Gasteiger partial charge in [-0.15, -0.1) is 0 Å². The first kappa shape index (κ1) is 16.2. The molecular formula is C15H22N2O3. The molecule has 20 heavy (non-hydrogen) atoms. The van der Waals surface area contributed by atoms with E-state index in [1.807, 2.05) is 19.9 Å². The van der Waals surface area contributed by atoms with E-state index in [4.69, 9.17) is 5.11 Å². The average molecular weight is 278 g/mol. The Kier molecular flexibility index (Phi) is 6.73. The van der Waals surface area contributed by atoms with Crippen molar-refractivity contribution >= 4 is 11.8 Å². The van der Waals surface area contributed by atoms with Crippen LogP contribution in [0.5, 0.6) is 0 Å². The van der Waals surface area contributed by atoms with Crippen LogP contribution in [-0.2, 0) is 4.79 Å². The Balaban J connectivity index is 2.50. The predicted molar refractivity (Wildman–Crippen MR) is 77.3 cm³/mol. The fraction of sp³-hybridized carbons (Fsp3) is 0.467. The molecule has 0 bridgehead atoms. The molecule has 0 aromatic heterocycles. The Morgan fingerprint density at radius 2 is 1.90 bits per heavy atom. The third-order valence-electron chi connectivity index (χ3n) is 2.94. The number of nitrogens with zero attached hydrogens (tertiary/aromatic N) is 1. The fourth-order valence-corrected chi connectivity index (χ4v) is 1.86. The van der Waals surface area contributed by atoms with Crippen LogP contribution in [0.3, 0.4) is 0 Å². The van der Waals surface area contributed by atoms with Gasteiger partial charge in [-0.3, -0.25) is 9.59 Å². The van der Waals surface area contributed by atoms with Crippen molar-refractivity contribution in [3.8, 4) is 0 Å². The number of aliphatic hydroxyl groups excluding tert-OH is 1. The van der Waals surface area contributed by atoms with E-state index in [9.17, 15) is 9.59 Å². The molecule has 5 heteroatoms. The number of amides is 2. The summed E-state index contributed by atoms with van der Waals surface area (Å²) < 4.78 is 0. The first-order valence-corrected chi connectivity index (χ1v) is 6.80. The van der Waals surface area contributed by atoms with Crippen LogP contribution in [0.25, 0.3) is 0 Å². The van der Waals surface area contributed by atoms with Crippen LogP contribution in [0.1, 0.15) is 30.6 Å². The van der Waals surface area contributed by atoms with Gasteiger partial charge in [-0.25, -0.2) is 0 Å². The van der Waals surface area contributed by atoms with Crippen LogP contribution in [0.2, 0.25) is 0 Å². The topological polar surface area (TPSA) is 69.6 Å². The van der Waals surface area contributed by atoms with Gasteiger partial charge in [0.1, 0.15) is 0 Å². The number of hydrogen-bond donors (Lipinski definition) is 2. The summed E-state index contributed by atoms with van der Waals surface area (Å²) in [5.74, 6) is -0.400. The molecule has 1 rings (SSSR count). The molecule has 0 radical (unpaired) electrons. The van der Waals surface area contributed by atoms with Crippen molar-refractivity contribution in [1.29, 1.82) is 0 Å². The van der Waals surface area contributed by atoms with Crippen LogP contribution in [-0.4, -0.2) is 47.6 Å². The maximum atomic E-state index is 12.1. The maximum Gasteiger partial charge on any atom is 0.251 e. The number of carbonyl (C=O) groups is 2. The molecule has 0 aliphatic rings. The Bertz CT molecular complexity index is 432. The summed E-state index contributed by atoms with van der Waals surface area (Å²) in [5.41, 5.74) is 0.534. The Labute approximate surface area is 119 Å². The highest BCUT2D eigenvalue weighted by molar-refractivity contribution is 5.96. The second kappa shape index (κ2) is 8.32. The summed E-state index contributed by atoms with van der Waals surface area (Å²) in [6.45, 7) is 4.33. The van der Waals surface area contributed by atoms with Crippen LogP contribution in [0, 0.1) is 0 Å². The van der Waals surface area contributed by atoms with Gasteiger partial charge in [0.05, 0.1) is 6.54 Å². The fourth-order valence-electron chi connectivity index (χ4n) is 1.86. The van der Waals surface area contributed by atoms with Gasteiger partial charge in [0.15, 0.2) is 0 Å². The number of benzene rings is 1. The summed E-state index contributed by atoms with van der Waals surface area (Å²) in [6, 6.07) is 8.83. The standard InChI is InChI=1S/C15H22N2O3/c1-12(2)17(9-6-10-18)14(19)11-16-15(20)13-7-4-3-5-8-13/h3-5,7-8,12,18H,6,9-11H2,1-2H3,(H,16,20). The SMILES string of the molecule is CC(C)N(CCCO)C(=O)CNC(=O)c1ccccc1. The van der Waals surface area contributed by atoms with E-state index in [-0.39, 0.29) is 31.0 Å². The zero-order valence-corrected chi connectivity index (χ0v) is 12.0. The van der Waals surface area contributed by atoms with Gasteiger partial charge in [0.25, 0.3) is 5.91 Å². The second-order valence-electron chi connectivity index (χ2n) is 4.81. The largest absolute Gasteiger partial charge is 0.396 e. The van der Waals surface area contributed by atoms with Crippen molar-refractivity contribution in [1.82, 2.24) is 10.2 Å². The lowest BCUT2D eigenvalue weighted by molar-refractivity contribution is -0.131. The van der Waals surface area contributed by atoms with E-state index in [0.717, 1.165) is 0 Å². The number of aliphatic hydroxyl groups is 1. The monoisotopic (exact) mass is 278 g/mol. The van der Waals surface area contributed by atoms with Crippen LogP contribution < -0.4 is 5.32 Å². The minimum absolute atomic E-state index is 0.0304. The highest BCUT2D eigenvalue weighted by Gasteiger charge is 2.17. The summed E-state index contributed by atoms with van der Waals surface area (Å²) in [5, 5.41) is 11.5.